The maximum atomic E-state index is 15.0. The van der Waals surface area contributed by atoms with E-state index in [9.17, 15) is 22.0 Å². The molecule has 6 heteroatoms. The Kier molecular flexibility index (Phi) is 8.44. The summed E-state index contributed by atoms with van der Waals surface area (Å²) in [5.41, 5.74) is 2.82. The SMILES string of the molecule is CCCC1CCC(c2ccc(-c3ccc(-c4cc(F)c(OC=CC(F)F)c(F)c4)c(F)c3)cc2)CC1. The molecule has 190 valence electrons. The van der Waals surface area contributed by atoms with Gasteiger partial charge in [-0.25, -0.2) is 22.0 Å². The van der Waals surface area contributed by atoms with Gasteiger partial charge in [-0.05, 0) is 78.0 Å². The van der Waals surface area contributed by atoms with Crippen LogP contribution >= 0.6 is 0 Å². The lowest BCUT2D eigenvalue weighted by Crippen LogP contribution is -2.13. The first-order valence-electron chi connectivity index (χ1n) is 12.4. The molecule has 0 unspecified atom stereocenters. The zero-order valence-electron chi connectivity index (χ0n) is 20.1. The van der Waals surface area contributed by atoms with E-state index < -0.39 is 29.6 Å². The summed E-state index contributed by atoms with van der Waals surface area (Å²) in [6.45, 7) is 2.24. The Balaban J connectivity index is 1.48. The summed E-state index contributed by atoms with van der Waals surface area (Å²) in [5.74, 6) is -2.28. The summed E-state index contributed by atoms with van der Waals surface area (Å²) in [6.07, 6.45) is 5.55. The molecule has 0 spiro atoms. The predicted octanol–water partition coefficient (Wildman–Crippen LogP) is 9.67. The van der Waals surface area contributed by atoms with E-state index in [1.54, 1.807) is 6.07 Å². The number of benzene rings is 3. The van der Waals surface area contributed by atoms with Gasteiger partial charge in [0.2, 0.25) is 0 Å². The van der Waals surface area contributed by atoms with Crippen molar-refractivity contribution in [2.24, 2.45) is 5.92 Å². The summed E-state index contributed by atoms with van der Waals surface area (Å²) in [7, 11) is 0. The second-order valence-corrected chi connectivity index (χ2v) is 9.37. The van der Waals surface area contributed by atoms with Crippen LogP contribution in [-0.2, 0) is 0 Å². The lowest BCUT2D eigenvalue weighted by atomic mass is 9.77. The minimum Gasteiger partial charge on any atom is -0.459 e. The summed E-state index contributed by atoms with van der Waals surface area (Å²) in [5, 5.41) is 0. The fourth-order valence-corrected chi connectivity index (χ4v) is 5.06. The van der Waals surface area contributed by atoms with Crippen LogP contribution in [0.15, 0.2) is 66.9 Å². The first-order chi connectivity index (χ1) is 17.4. The molecule has 0 atom stereocenters. The van der Waals surface area contributed by atoms with Crippen LogP contribution in [0.5, 0.6) is 5.75 Å². The summed E-state index contributed by atoms with van der Waals surface area (Å²) >= 11 is 0. The Bertz CT molecular complexity index is 1170. The van der Waals surface area contributed by atoms with E-state index in [0.29, 0.717) is 23.8 Å². The second kappa shape index (κ2) is 11.7. The highest BCUT2D eigenvalue weighted by molar-refractivity contribution is 5.71. The third-order valence-electron chi connectivity index (χ3n) is 6.95. The van der Waals surface area contributed by atoms with Gasteiger partial charge in [-0.2, -0.15) is 0 Å². The maximum Gasteiger partial charge on any atom is 0.260 e. The monoisotopic (exact) mass is 500 g/mol. The molecule has 3 aromatic rings. The molecule has 0 aliphatic heterocycles. The minimum absolute atomic E-state index is 0.0201. The van der Waals surface area contributed by atoms with Gasteiger partial charge in [0.15, 0.2) is 17.4 Å². The topological polar surface area (TPSA) is 9.23 Å². The third-order valence-corrected chi connectivity index (χ3v) is 6.95. The number of hydrogen-bond donors (Lipinski definition) is 0. The lowest BCUT2D eigenvalue weighted by Gasteiger charge is -2.28. The molecule has 3 aromatic carbocycles. The van der Waals surface area contributed by atoms with Gasteiger partial charge in [0, 0.05) is 11.6 Å². The van der Waals surface area contributed by atoms with Crippen LogP contribution in [0, 0.1) is 23.4 Å². The van der Waals surface area contributed by atoms with E-state index in [-0.39, 0.29) is 11.1 Å². The number of halogens is 5. The van der Waals surface area contributed by atoms with Gasteiger partial charge < -0.3 is 4.74 Å². The Hall–Kier alpha value is -3.15. The smallest absolute Gasteiger partial charge is 0.260 e. The molecule has 0 saturated heterocycles. The van der Waals surface area contributed by atoms with E-state index >= 15 is 0 Å². The number of rotatable bonds is 8. The minimum atomic E-state index is -2.82. The van der Waals surface area contributed by atoms with E-state index in [1.807, 2.05) is 12.1 Å². The first-order valence-corrected chi connectivity index (χ1v) is 12.4. The van der Waals surface area contributed by atoms with Crippen molar-refractivity contribution in [2.45, 2.75) is 57.8 Å². The Labute approximate surface area is 208 Å². The fourth-order valence-electron chi connectivity index (χ4n) is 5.06. The van der Waals surface area contributed by atoms with Crippen molar-refractivity contribution in [1.29, 1.82) is 0 Å². The first kappa shape index (κ1) is 25.9. The molecule has 0 amide bonds. The summed E-state index contributed by atoms with van der Waals surface area (Å²) in [4.78, 5) is 0. The van der Waals surface area contributed by atoms with Crippen molar-refractivity contribution in [3.05, 3.63) is 90.0 Å². The highest BCUT2D eigenvalue weighted by Crippen LogP contribution is 2.38. The van der Waals surface area contributed by atoms with Gasteiger partial charge in [0.25, 0.3) is 6.43 Å². The van der Waals surface area contributed by atoms with Gasteiger partial charge in [-0.1, -0.05) is 56.2 Å². The molecular weight excluding hydrogens is 471 g/mol. The predicted molar refractivity (Wildman–Crippen MR) is 133 cm³/mol. The van der Waals surface area contributed by atoms with Gasteiger partial charge in [-0.3, -0.25) is 0 Å². The zero-order chi connectivity index (χ0) is 25.7. The molecule has 0 radical (unpaired) electrons. The van der Waals surface area contributed by atoms with E-state index in [1.165, 1.54) is 56.2 Å². The van der Waals surface area contributed by atoms with Crippen molar-refractivity contribution in [3.63, 3.8) is 0 Å². The highest BCUT2D eigenvalue weighted by atomic mass is 19.3. The Morgan fingerprint density at radius 3 is 2.00 bits per heavy atom. The molecule has 1 fully saturated rings. The third kappa shape index (κ3) is 6.15. The maximum absolute atomic E-state index is 15.0. The molecule has 4 rings (SSSR count). The van der Waals surface area contributed by atoms with Gasteiger partial charge in [0.1, 0.15) is 5.82 Å². The van der Waals surface area contributed by atoms with Crippen LogP contribution in [0.1, 0.15) is 56.9 Å². The van der Waals surface area contributed by atoms with Crippen molar-refractivity contribution in [3.8, 4) is 28.0 Å². The van der Waals surface area contributed by atoms with Crippen LogP contribution in [0.2, 0.25) is 0 Å². The highest BCUT2D eigenvalue weighted by Gasteiger charge is 2.22. The summed E-state index contributed by atoms with van der Waals surface area (Å²) < 4.78 is 72.6. The number of alkyl halides is 2. The van der Waals surface area contributed by atoms with E-state index in [0.717, 1.165) is 23.6 Å². The Morgan fingerprint density at radius 1 is 0.806 bits per heavy atom. The van der Waals surface area contributed by atoms with Crippen molar-refractivity contribution < 1.29 is 26.7 Å². The molecule has 1 aliphatic carbocycles. The Morgan fingerprint density at radius 2 is 1.42 bits per heavy atom. The molecule has 0 aromatic heterocycles. The van der Waals surface area contributed by atoms with Gasteiger partial charge in [0.05, 0.1) is 6.26 Å². The average Bonchev–Trinajstić information content (AvgIpc) is 2.86. The quantitative estimate of drug-likeness (QED) is 0.221. The van der Waals surface area contributed by atoms with Crippen LogP contribution in [0.3, 0.4) is 0 Å². The standard InChI is InChI=1S/C30H29F5O/c1-2-3-19-4-6-20(7-5-19)21-8-10-22(11-9-21)23-12-13-25(26(31)16-23)24-17-27(32)30(28(33)18-24)36-15-14-29(34)35/h8-20,29H,2-7H2,1H3. The number of hydrogen-bond acceptors (Lipinski definition) is 1. The molecule has 0 heterocycles. The normalized spacial score (nSPS) is 18.2. The molecule has 1 saturated carbocycles. The average molecular weight is 501 g/mol. The van der Waals surface area contributed by atoms with Crippen molar-refractivity contribution >= 4 is 0 Å². The van der Waals surface area contributed by atoms with E-state index in [4.69, 9.17) is 0 Å². The van der Waals surface area contributed by atoms with Gasteiger partial charge in [-0.15, -0.1) is 0 Å². The van der Waals surface area contributed by atoms with E-state index in [2.05, 4.69) is 23.8 Å². The molecule has 0 N–H and O–H groups in total. The van der Waals surface area contributed by atoms with Crippen LogP contribution in [0.25, 0.3) is 22.3 Å². The fraction of sp³-hybridized carbons (Fsp3) is 0.333. The molecule has 1 nitrogen and oxygen atoms in total. The van der Waals surface area contributed by atoms with Gasteiger partial charge >= 0.3 is 0 Å². The number of allylic oxidation sites excluding steroid dienone is 1. The second-order valence-electron chi connectivity index (χ2n) is 9.37. The lowest BCUT2D eigenvalue weighted by molar-refractivity contribution is 0.200. The van der Waals surface area contributed by atoms with Crippen LogP contribution < -0.4 is 4.74 Å². The van der Waals surface area contributed by atoms with Crippen molar-refractivity contribution in [1.82, 2.24) is 0 Å². The summed E-state index contributed by atoms with van der Waals surface area (Å²) in [6, 6.07) is 14.5. The largest absolute Gasteiger partial charge is 0.459 e. The molecule has 1 aliphatic rings. The van der Waals surface area contributed by atoms with Crippen LogP contribution in [0.4, 0.5) is 22.0 Å². The number of ether oxygens (including phenoxy) is 1. The zero-order valence-corrected chi connectivity index (χ0v) is 20.1. The van der Waals surface area contributed by atoms with Crippen LogP contribution in [-0.4, -0.2) is 6.43 Å². The molecule has 36 heavy (non-hydrogen) atoms. The molecule has 0 bridgehead atoms. The molecular formula is C30H29F5O. The van der Waals surface area contributed by atoms with Crippen molar-refractivity contribution in [2.75, 3.05) is 0 Å².